The Morgan fingerprint density at radius 2 is 1.69 bits per heavy atom. The number of ether oxygens (including phenoxy) is 2. The number of rotatable bonds is 6. The lowest BCUT2D eigenvalue weighted by atomic mass is 9.87. The van der Waals surface area contributed by atoms with Gasteiger partial charge in [0.15, 0.2) is 16.6 Å². The Balaban J connectivity index is 1.88. The first-order valence-electron chi connectivity index (χ1n) is 8.70. The molecule has 0 saturated heterocycles. The summed E-state index contributed by atoms with van der Waals surface area (Å²) in [7, 11) is 3.30. The van der Waals surface area contributed by atoms with E-state index in [0.717, 1.165) is 29.2 Å². The van der Waals surface area contributed by atoms with E-state index in [9.17, 15) is 0 Å². The maximum atomic E-state index is 5.46. The second kappa shape index (κ2) is 8.90. The average Bonchev–Trinajstić information content (AvgIpc) is 2.61. The second-order valence-corrected chi connectivity index (χ2v) is 7.52. The molecule has 0 amide bonds. The number of anilines is 1. The van der Waals surface area contributed by atoms with Gasteiger partial charge < -0.3 is 20.1 Å². The van der Waals surface area contributed by atoms with Crippen LogP contribution in [0, 0.1) is 0 Å². The molecule has 0 radical (unpaired) electrons. The molecule has 0 aromatic heterocycles. The highest BCUT2D eigenvalue weighted by atomic mass is 32.1. The minimum atomic E-state index is 0.146. The first-order valence-corrected chi connectivity index (χ1v) is 9.11. The number of thiocarbonyl (C=S) groups is 1. The van der Waals surface area contributed by atoms with Crippen LogP contribution in [0.2, 0.25) is 0 Å². The SMILES string of the molecule is COc1cccc(CCNC(=S)Nc2ccc(C(C)(C)C)cc2)c1OC. The van der Waals surface area contributed by atoms with Gasteiger partial charge in [-0.1, -0.05) is 45.0 Å². The smallest absolute Gasteiger partial charge is 0.170 e. The molecule has 0 spiro atoms. The molecule has 0 atom stereocenters. The summed E-state index contributed by atoms with van der Waals surface area (Å²) >= 11 is 5.39. The van der Waals surface area contributed by atoms with E-state index in [1.807, 2.05) is 18.2 Å². The lowest BCUT2D eigenvalue weighted by Gasteiger charge is -2.19. The summed E-state index contributed by atoms with van der Waals surface area (Å²) in [4.78, 5) is 0. The van der Waals surface area contributed by atoms with Gasteiger partial charge in [-0.2, -0.15) is 0 Å². The van der Waals surface area contributed by atoms with E-state index in [1.54, 1.807) is 14.2 Å². The van der Waals surface area contributed by atoms with Crippen LogP contribution in [-0.2, 0) is 11.8 Å². The molecular weight excluding hydrogens is 344 g/mol. The topological polar surface area (TPSA) is 42.5 Å². The standard InChI is InChI=1S/C21H28N2O2S/c1-21(2,3)16-9-11-17(12-10-16)23-20(26)22-14-13-15-7-6-8-18(24-4)19(15)25-5/h6-12H,13-14H2,1-5H3,(H2,22,23,26). The third-order valence-electron chi connectivity index (χ3n) is 4.17. The van der Waals surface area contributed by atoms with Crippen molar-refractivity contribution in [2.24, 2.45) is 0 Å². The summed E-state index contributed by atoms with van der Waals surface area (Å²) in [6.07, 6.45) is 0.783. The Kier molecular flexibility index (Phi) is 6.86. The van der Waals surface area contributed by atoms with E-state index in [2.05, 4.69) is 55.7 Å². The molecule has 26 heavy (non-hydrogen) atoms. The Bertz CT molecular complexity index is 737. The Morgan fingerprint density at radius 1 is 1.00 bits per heavy atom. The maximum Gasteiger partial charge on any atom is 0.170 e. The summed E-state index contributed by atoms with van der Waals surface area (Å²) in [5.74, 6) is 1.51. The largest absolute Gasteiger partial charge is 0.493 e. The van der Waals surface area contributed by atoms with E-state index in [0.29, 0.717) is 11.7 Å². The van der Waals surface area contributed by atoms with Gasteiger partial charge in [0, 0.05) is 12.2 Å². The lowest BCUT2D eigenvalue weighted by Crippen LogP contribution is -2.30. The van der Waals surface area contributed by atoms with Gasteiger partial charge in [0.25, 0.3) is 0 Å². The van der Waals surface area contributed by atoms with Gasteiger partial charge in [-0.15, -0.1) is 0 Å². The molecule has 0 aliphatic rings. The van der Waals surface area contributed by atoms with E-state index >= 15 is 0 Å². The van der Waals surface area contributed by atoms with Crippen molar-refractivity contribution < 1.29 is 9.47 Å². The summed E-state index contributed by atoms with van der Waals surface area (Å²) in [5, 5.41) is 7.07. The monoisotopic (exact) mass is 372 g/mol. The number of benzene rings is 2. The molecule has 0 heterocycles. The van der Waals surface area contributed by atoms with Gasteiger partial charge >= 0.3 is 0 Å². The first-order chi connectivity index (χ1) is 12.3. The second-order valence-electron chi connectivity index (χ2n) is 7.11. The van der Waals surface area contributed by atoms with Crippen LogP contribution in [0.5, 0.6) is 11.5 Å². The van der Waals surface area contributed by atoms with Crippen molar-refractivity contribution in [3.63, 3.8) is 0 Å². The number of para-hydroxylation sites is 1. The van der Waals surface area contributed by atoms with Gasteiger partial charge in [0.2, 0.25) is 0 Å². The fourth-order valence-corrected chi connectivity index (χ4v) is 2.91. The van der Waals surface area contributed by atoms with Crippen LogP contribution in [-0.4, -0.2) is 25.9 Å². The van der Waals surface area contributed by atoms with Crippen molar-refractivity contribution in [3.8, 4) is 11.5 Å². The van der Waals surface area contributed by atoms with E-state index < -0.39 is 0 Å². The molecule has 0 bridgehead atoms. The number of hydrogen-bond acceptors (Lipinski definition) is 3. The molecule has 2 aromatic carbocycles. The van der Waals surface area contributed by atoms with Crippen molar-refractivity contribution in [1.29, 1.82) is 0 Å². The Hall–Kier alpha value is -2.27. The van der Waals surface area contributed by atoms with Crippen LogP contribution in [0.1, 0.15) is 31.9 Å². The van der Waals surface area contributed by atoms with Crippen LogP contribution >= 0.6 is 12.2 Å². The van der Waals surface area contributed by atoms with Gasteiger partial charge in [-0.05, 0) is 53.4 Å². The van der Waals surface area contributed by atoms with Gasteiger partial charge in [-0.25, -0.2) is 0 Å². The third kappa shape index (κ3) is 5.36. The van der Waals surface area contributed by atoms with Gasteiger partial charge in [0.1, 0.15) is 0 Å². The zero-order valence-corrected chi connectivity index (χ0v) is 17.0. The molecule has 0 saturated carbocycles. The molecule has 2 aromatic rings. The van der Waals surface area contributed by atoms with Crippen LogP contribution in [0.15, 0.2) is 42.5 Å². The average molecular weight is 373 g/mol. The molecule has 4 nitrogen and oxygen atoms in total. The number of nitrogens with one attached hydrogen (secondary N) is 2. The summed E-state index contributed by atoms with van der Waals surface area (Å²) in [5.41, 5.74) is 3.51. The molecule has 0 unspecified atom stereocenters. The lowest BCUT2D eigenvalue weighted by molar-refractivity contribution is 0.351. The van der Waals surface area contributed by atoms with Crippen molar-refractivity contribution >= 4 is 23.0 Å². The van der Waals surface area contributed by atoms with E-state index in [-0.39, 0.29) is 5.41 Å². The molecule has 5 heteroatoms. The summed E-state index contributed by atoms with van der Waals surface area (Å²) < 4.78 is 10.8. The number of hydrogen-bond donors (Lipinski definition) is 2. The minimum Gasteiger partial charge on any atom is -0.493 e. The molecule has 2 N–H and O–H groups in total. The van der Waals surface area contributed by atoms with Crippen molar-refractivity contribution in [2.75, 3.05) is 26.1 Å². The normalized spacial score (nSPS) is 11.0. The van der Waals surface area contributed by atoms with Crippen molar-refractivity contribution in [1.82, 2.24) is 5.32 Å². The first kappa shape index (κ1) is 20.0. The van der Waals surface area contributed by atoms with Gasteiger partial charge in [-0.3, -0.25) is 0 Å². The maximum absolute atomic E-state index is 5.46. The molecular formula is C21H28N2O2S. The van der Waals surface area contributed by atoms with Crippen LogP contribution in [0.4, 0.5) is 5.69 Å². The zero-order valence-electron chi connectivity index (χ0n) is 16.2. The van der Waals surface area contributed by atoms with Crippen LogP contribution in [0.25, 0.3) is 0 Å². The molecule has 0 fully saturated rings. The van der Waals surface area contributed by atoms with Crippen molar-refractivity contribution in [2.45, 2.75) is 32.6 Å². The molecule has 0 aliphatic heterocycles. The Morgan fingerprint density at radius 3 is 2.27 bits per heavy atom. The molecule has 140 valence electrons. The highest BCUT2D eigenvalue weighted by molar-refractivity contribution is 7.80. The predicted octanol–water partition coefficient (Wildman–Crippen LogP) is 4.53. The Labute approximate surface area is 161 Å². The van der Waals surface area contributed by atoms with Crippen LogP contribution < -0.4 is 20.1 Å². The fourth-order valence-electron chi connectivity index (χ4n) is 2.69. The quantitative estimate of drug-likeness (QED) is 0.729. The highest BCUT2D eigenvalue weighted by Crippen LogP contribution is 2.30. The van der Waals surface area contributed by atoms with Gasteiger partial charge in [0.05, 0.1) is 14.2 Å². The predicted molar refractivity (Wildman–Crippen MR) is 113 cm³/mol. The highest BCUT2D eigenvalue weighted by Gasteiger charge is 2.13. The zero-order chi connectivity index (χ0) is 19.2. The van der Waals surface area contributed by atoms with E-state index in [1.165, 1.54) is 5.56 Å². The number of methoxy groups -OCH3 is 2. The summed E-state index contributed by atoms with van der Waals surface area (Å²) in [6, 6.07) is 14.3. The third-order valence-corrected chi connectivity index (χ3v) is 4.42. The fraction of sp³-hybridized carbons (Fsp3) is 0.381. The van der Waals surface area contributed by atoms with E-state index in [4.69, 9.17) is 21.7 Å². The van der Waals surface area contributed by atoms with Crippen molar-refractivity contribution in [3.05, 3.63) is 53.6 Å². The molecule has 0 aliphatic carbocycles. The minimum absolute atomic E-state index is 0.146. The molecule has 2 rings (SSSR count). The van der Waals surface area contributed by atoms with Crippen LogP contribution in [0.3, 0.4) is 0 Å². The summed E-state index contributed by atoms with van der Waals surface area (Å²) in [6.45, 7) is 7.31.